The van der Waals surface area contributed by atoms with E-state index in [1.807, 2.05) is 36.4 Å². The Hall–Kier alpha value is -1.61. The average Bonchev–Trinajstić information content (AvgIpc) is 2.44. The Morgan fingerprint density at radius 2 is 1.40 bits per heavy atom. The number of rotatable bonds is 3. The second-order valence-corrected chi connectivity index (χ2v) is 9.47. The van der Waals surface area contributed by atoms with Crippen molar-refractivity contribution in [1.82, 2.24) is 0 Å². The fraction of sp³-hybridized carbons (Fsp3) is 0.400. The molecule has 5 heteroatoms. The van der Waals surface area contributed by atoms with Gasteiger partial charge < -0.3 is 4.52 Å². The molecule has 0 fully saturated rings. The molecule has 25 heavy (non-hydrogen) atoms. The molecule has 0 heterocycles. The molecule has 2 N–H and O–H groups in total. The molecule has 0 aromatic heterocycles. The van der Waals surface area contributed by atoms with Crippen LogP contribution in [0.3, 0.4) is 0 Å². The van der Waals surface area contributed by atoms with Crippen LogP contribution < -0.4 is 4.52 Å². The Morgan fingerprint density at radius 3 is 1.84 bits per heavy atom. The van der Waals surface area contributed by atoms with Crippen LogP contribution in [0.5, 0.6) is 5.75 Å². The van der Waals surface area contributed by atoms with Crippen LogP contribution in [0.2, 0.25) is 0 Å². The summed E-state index contributed by atoms with van der Waals surface area (Å²) in [5.74, 6) is 0.206. The zero-order valence-electron chi connectivity index (χ0n) is 15.7. The summed E-state index contributed by atoms with van der Waals surface area (Å²) in [5.41, 5.74) is 3.44. The van der Waals surface area contributed by atoms with Crippen LogP contribution in [0.15, 0.2) is 42.5 Å². The zero-order chi connectivity index (χ0) is 19.0. The minimum atomic E-state index is -4.66. The highest BCUT2D eigenvalue weighted by molar-refractivity contribution is 7.46. The number of hydrogen-bond donors (Lipinski definition) is 2. The Kier molecular flexibility index (Phi) is 5.21. The lowest BCUT2D eigenvalue weighted by Crippen LogP contribution is -2.23. The third-order valence-electron chi connectivity index (χ3n) is 4.00. The third-order valence-corrected chi connectivity index (χ3v) is 4.44. The van der Waals surface area contributed by atoms with Gasteiger partial charge in [0, 0.05) is 5.56 Å². The predicted molar refractivity (Wildman–Crippen MR) is 102 cm³/mol. The highest BCUT2D eigenvalue weighted by Gasteiger charge is 2.31. The second kappa shape index (κ2) is 6.60. The van der Waals surface area contributed by atoms with Crippen LogP contribution in [0.4, 0.5) is 0 Å². The molecule has 0 saturated heterocycles. The van der Waals surface area contributed by atoms with Crippen LogP contribution >= 0.6 is 7.82 Å². The van der Waals surface area contributed by atoms with Crippen LogP contribution in [0.1, 0.15) is 52.7 Å². The van der Waals surface area contributed by atoms with Crippen molar-refractivity contribution in [2.45, 2.75) is 52.4 Å². The predicted octanol–water partition coefficient (Wildman–Crippen LogP) is 5.42. The largest absolute Gasteiger partial charge is 0.524 e. The van der Waals surface area contributed by atoms with Crippen molar-refractivity contribution in [3.63, 3.8) is 0 Å². The molecular formula is C20H27O4P. The van der Waals surface area contributed by atoms with E-state index in [0.29, 0.717) is 0 Å². The van der Waals surface area contributed by atoms with Gasteiger partial charge in [-0.2, -0.15) is 0 Å². The molecule has 0 aliphatic carbocycles. The van der Waals surface area contributed by atoms with Gasteiger partial charge in [-0.1, -0.05) is 77.9 Å². The topological polar surface area (TPSA) is 66.8 Å². The fourth-order valence-electron chi connectivity index (χ4n) is 3.08. The summed E-state index contributed by atoms with van der Waals surface area (Å²) in [5, 5.41) is 0. The normalized spacial score (nSPS) is 13.0. The van der Waals surface area contributed by atoms with Gasteiger partial charge >= 0.3 is 7.82 Å². The Bertz CT molecular complexity index is 793. The average molecular weight is 362 g/mol. The molecule has 0 aliphatic heterocycles. The van der Waals surface area contributed by atoms with E-state index in [0.717, 1.165) is 22.3 Å². The molecule has 0 bridgehead atoms. The van der Waals surface area contributed by atoms with Crippen molar-refractivity contribution >= 4 is 7.82 Å². The number of benzene rings is 2. The van der Waals surface area contributed by atoms with Gasteiger partial charge in [-0.3, -0.25) is 9.79 Å². The molecule has 0 radical (unpaired) electrons. The lowest BCUT2D eigenvalue weighted by molar-refractivity contribution is 0.283. The van der Waals surface area contributed by atoms with E-state index in [1.54, 1.807) is 6.07 Å². The standard InChI is InChI=1S/C20H27O4P/c1-19(2,3)15-12-13-16(24-25(21,22)23)17(18(15)20(4,5)6)14-10-8-7-9-11-14/h7-13H,1-6H3,(H2,21,22,23). The summed E-state index contributed by atoms with van der Waals surface area (Å²) < 4.78 is 16.6. The summed E-state index contributed by atoms with van der Waals surface area (Å²) in [7, 11) is -4.66. The molecule has 0 aliphatic rings. The Morgan fingerprint density at radius 1 is 0.840 bits per heavy atom. The van der Waals surface area contributed by atoms with E-state index in [1.165, 1.54) is 0 Å². The summed E-state index contributed by atoms with van der Waals surface area (Å²) in [6, 6.07) is 13.2. The van der Waals surface area contributed by atoms with E-state index in [-0.39, 0.29) is 16.6 Å². The first-order valence-electron chi connectivity index (χ1n) is 8.29. The molecular weight excluding hydrogens is 335 g/mol. The van der Waals surface area contributed by atoms with Crippen molar-refractivity contribution in [2.24, 2.45) is 0 Å². The molecule has 2 rings (SSSR count). The highest BCUT2D eigenvalue weighted by atomic mass is 31.2. The van der Waals surface area contributed by atoms with Gasteiger partial charge in [0.2, 0.25) is 0 Å². The lowest BCUT2D eigenvalue weighted by Gasteiger charge is -2.33. The maximum atomic E-state index is 11.5. The first-order chi connectivity index (χ1) is 11.3. The lowest BCUT2D eigenvalue weighted by atomic mass is 9.72. The molecule has 0 spiro atoms. The SMILES string of the molecule is CC(C)(C)c1ccc(OP(=O)(O)O)c(-c2ccccc2)c1C(C)(C)C. The molecule has 0 atom stereocenters. The number of phosphoric ester groups is 1. The van der Waals surface area contributed by atoms with E-state index in [4.69, 9.17) is 4.52 Å². The highest BCUT2D eigenvalue weighted by Crippen LogP contribution is 2.49. The summed E-state index contributed by atoms with van der Waals surface area (Å²) in [6.45, 7) is 12.7. The monoisotopic (exact) mass is 362 g/mol. The van der Waals surface area contributed by atoms with Gasteiger partial charge in [0.1, 0.15) is 5.75 Å². The minimum absolute atomic E-state index is 0.118. The van der Waals surface area contributed by atoms with Gasteiger partial charge in [-0.05, 0) is 33.6 Å². The molecule has 4 nitrogen and oxygen atoms in total. The van der Waals surface area contributed by atoms with Crippen LogP contribution in [0.25, 0.3) is 11.1 Å². The molecule has 0 amide bonds. The fourth-order valence-corrected chi connectivity index (χ4v) is 3.49. The summed E-state index contributed by atoms with van der Waals surface area (Å²) in [4.78, 5) is 18.7. The first-order valence-corrected chi connectivity index (χ1v) is 9.82. The van der Waals surface area contributed by atoms with E-state index >= 15 is 0 Å². The minimum Gasteiger partial charge on any atom is -0.404 e. The summed E-state index contributed by atoms with van der Waals surface area (Å²) >= 11 is 0. The van der Waals surface area contributed by atoms with Gasteiger partial charge in [-0.15, -0.1) is 0 Å². The second-order valence-electron chi connectivity index (χ2n) is 8.31. The van der Waals surface area contributed by atoms with Gasteiger partial charge in [0.25, 0.3) is 0 Å². The van der Waals surface area contributed by atoms with Crippen molar-refractivity contribution in [1.29, 1.82) is 0 Å². The van der Waals surface area contributed by atoms with Crippen molar-refractivity contribution in [3.8, 4) is 16.9 Å². The first kappa shape index (κ1) is 19.7. The molecule has 0 unspecified atom stereocenters. The zero-order valence-corrected chi connectivity index (χ0v) is 16.6. The van der Waals surface area contributed by atoms with Crippen LogP contribution in [-0.4, -0.2) is 9.79 Å². The van der Waals surface area contributed by atoms with Crippen molar-refractivity contribution in [3.05, 3.63) is 53.6 Å². The third kappa shape index (κ3) is 4.72. The van der Waals surface area contributed by atoms with E-state index in [2.05, 4.69) is 41.5 Å². The van der Waals surface area contributed by atoms with Crippen LogP contribution in [-0.2, 0) is 15.4 Å². The maximum Gasteiger partial charge on any atom is 0.524 e. The van der Waals surface area contributed by atoms with Gasteiger partial charge in [-0.25, -0.2) is 4.57 Å². The number of phosphoric acid groups is 1. The number of hydrogen-bond acceptors (Lipinski definition) is 2. The smallest absolute Gasteiger partial charge is 0.404 e. The van der Waals surface area contributed by atoms with Gasteiger partial charge in [0.15, 0.2) is 0 Å². The van der Waals surface area contributed by atoms with Gasteiger partial charge in [0.05, 0.1) is 0 Å². The van der Waals surface area contributed by atoms with E-state index in [9.17, 15) is 14.4 Å². The van der Waals surface area contributed by atoms with E-state index < -0.39 is 7.82 Å². The Labute approximate surface area is 150 Å². The molecule has 0 saturated carbocycles. The molecule has 2 aromatic rings. The molecule has 2 aromatic carbocycles. The van der Waals surface area contributed by atoms with Crippen molar-refractivity contribution in [2.75, 3.05) is 0 Å². The Balaban J connectivity index is 2.92. The van der Waals surface area contributed by atoms with Crippen LogP contribution in [0, 0.1) is 0 Å². The molecule has 136 valence electrons. The quantitative estimate of drug-likeness (QED) is 0.716. The van der Waals surface area contributed by atoms with Crippen molar-refractivity contribution < 1.29 is 18.9 Å². The maximum absolute atomic E-state index is 11.5. The summed E-state index contributed by atoms with van der Waals surface area (Å²) in [6.07, 6.45) is 0.